The maximum Gasteiger partial charge on any atom is 0.328 e. The normalized spacial score (nSPS) is 15.7. The number of esters is 1. The fourth-order valence-corrected chi connectivity index (χ4v) is 3.82. The van der Waals surface area contributed by atoms with E-state index in [-0.39, 0.29) is 5.88 Å². The van der Waals surface area contributed by atoms with Gasteiger partial charge in [-0.25, -0.2) is 4.79 Å². The predicted molar refractivity (Wildman–Crippen MR) is 94.0 cm³/mol. The molecule has 0 spiro atoms. The minimum Gasteiger partial charge on any atom is -0.493 e. The summed E-state index contributed by atoms with van der Waals surface area (Å²) in [4.78, 5) is 16.6. The van der Waals surface area contributed by atoms with Crippen molar-refractivity contribution in [3.63, 3.8) is 0 Å². The number of fused-ring (bicyclic) bond motifs is 1. The molecular formula is C16H14N2O3S2. The number of thiazole rings is 1. The number of carbonyl (C=O) groups excluding carboxylic acids is 1. The number of allylic oxidation sites excluding steroid dienone is 1. The van der Waals surface area contributed by atoms with E-state index in [9.17, 15) is 9.90 Å². The molecule has 1 N–H and O–H groups in total. The van der Waals surface area contributed by atoms with Crippen molar-refractivity contribution in [2.45, 2.75) is 13.0 Å². The summed E-state index contributed by atoms with van der Waals surface area (Å²) in [6, 6.07) is 7.08. The minimum atomic E-state index is -0.680. The van der Waals surface area contributed by atoms with Crippen LogP contribution in [-0.2, 0) is 9.53 Å². The number of aliphatic imine (C=N–C) groups is 1. The molecule has 1 aliphatic heterocycles. The van der Waals surface area contributed by atoms with Gasteiger partial charge in [0.25, 0.3) is 0 Å². The van der Waals surface area contributed by atoms with Gasteiger partial charge in [-0.2, -0.15) is 0 Å². The summed E-state index contributed by atoms with van der Waals surface area (Å²) in [7, 11) is 1.31. The SMILES string of the molecule is COC(=O)[C@@H](C)n1c(O)c(/C=C2\C=Nc3ccccc32)sc1=S. The summed E-state index contributed by atoms with van der Waals surface area (Å²) in [5.41, 5.74) is 2.79. The van der Waals surface area contributed by atoms with Crippen LogP contribution in [0.4, 0.5) is 5.69 Å². The Morgan fingerprint density at radius 3 is 2.96 bits per heavy atom. The molecule has 7 heteroatoms. The fourth-order valence-electron chi connectivity index (χ4n) is 2.40. The van der Waals surface area contributed by atoms with Gasteiger partial charge in [-0.05, 0) is 31.3 Å². The number of nitrogens with zero attached hydrogens (tertiary/aromatic N) is 2. The average molecular weight is 346 g/mol. The lowest BCUT2D eigenvalue weighted by Gasteiger charge is -2.11. The monoisotopic (exact) mass is 346 g/mol. The van der Waals surface area contributed by atoms with Gasteiger partial charge in [0.1, 0.15) is 6.04 Å². The van der Waals surface area contributed by atoms with Crippen molar-refractivity contribution in [3.8, 4) is 5.88 Å². The van der Waals surface area contributed by atoms with E-state index in [1.807, 2.05) is 30.3 Å². The lowest BCUT2D eigenvalue weighted by molar-refractivity contribution is -0.144. The molecule has 5 nitrogen and oxygen atoms in total. The van der Waals surface area contributed by atoms with E-state index in [1.165, 1.54) is 23.0 Å². The number of aromatic nitrogens is 1. The van der Waals surface area contributed by atoms with Gasteiger partial charge in [0.2, 0.25) is 5.88 Å². The van der Waals surface area contributed by atoms with E-state index in [0.29, 0.717) is 8.83 Å². The Hall–Kier alpha value is -2.25. The third-order valence-electron chi connectivity index (χ3n) is 3.62. The Morgan fingerprint density at radius 1 is 1.48 bits per heavy atom. The number of methoxy groups -OCH3 is 1. The molecule has 0 bridgehead atoms. The number of ether oxygens (including phenoxy) is 1. The first kappa shape index (κ1) is 15.6. The van der Waals surface area contributed by atoms with Crippen LogP contribution in [0.1, 0.15) is 23.4 Å². The summed E-state index contributed by atoms with van der Waals surface area (Å²) in [5.74, 6) is -0.496. The highest BCUT2D eigenvalue weighted by atomic mass is 32.1. The first-order valence-corrected chi connectivity index (χ1v) is 8.12. The molecular weight excluding hydrogens is 332 g/mol. The first-order chi connectivity index (χ1) is 11.0. The van der Waals surface area contributed by atoms with Crippen molar-refractivity contribution in [3.05, 3.63) is 38.7 Å². The van der Waals surface area contributed by atoms with Crippen LogP contribution in [0.25, 0.3) is 11.6 Å². The first-order valence-electron chi connectivity index (χ1n) is 6.90. The van der Waals surface area contributed by atoms with Gasteiger partial charge in [-0.1, -0.05) is 18.2 Å². The molecule has 1 aromatic heterocycles. The van der Waals surface area contributed by atoms with Crippen LogP contribution in [-0.4, -0.2) is 29.0 Å². The summed E-state index contributed by atoms with van der Waals surface area (Å²) < 4.78 is 6.53. The Kier molecular flexibility index (Phi) is 4.14. The summed E-state index contributed by atoms with van der Waals surface area (Å²) in [6.07, 6.45) is 3.58. The highest BCUT2D eigenvalue weighted by Gasteiger charge is 2.22. The molecule has 3 rings (SSSR count). The summed E-state index contributed by atoms with van der Waals surface area (Å²) in [6.45, 7) is 1.64. The average Bonchev–Trinajstić information content (AvgIpc) is 3.08. The Morgan fingerprint density at radius 2 is 2.22 bits per heavy atom. The van der Waals surface area contributed by atoms with Gasteiger partial charge in [0, 0.05) is 17.4 Å². The van der Waals surface area contributed by atoms with E-state index in [1.54, 1.807) is 13.1 Å². The van der Waals surface area contributed by atoms with Crippen LogP contribution in [0.3, 0.4) is 0 Å². The Balaban J connectivity index is 2.04. The van der Waals surface area contributed by atoms with Crippen molar-refractivity contribution in [2.24, 2.45) is 4.99 Å². The maximum atomic E-state index is 11.7. The van der Waals surface area contributed by atoms with Gasteiger partial charge in [0.05, 0.1) is 17.7 Å². The standard InChI is InChI=1S/C16H14N2O3S2/c1-9(15(20)21-2)18-14(19)13(23-16(18)22)7-10-8-17-12-6-4-3-5-11(10)12/h3-9,19H,1-2H3/b10-7+/t9-/m1/s1. The second kappa shape index (κ2) is 6.10. The van der Waals surface area contributed by atoms with Crippen molar-refractivity contribution in [1.82, 2.24) is 4.57 Å². The summed E-state index contributed by atoms with van der Waals surface area (Å²) in [5, 5.41) is 10.4. The Labute approximate surface area is 142 Å². The molecule has 1 atom stereocenters. The van der Waals surface area contributed by atoms with Gasteiger partial charge in [0.15, 0.2) is 3.95 Å². The quantitative estimate of drug-likeness (QED) is 0.674. The van der Waals surface area contributed by atoms with E-state index in [2.05, 4.69) is 4.99 Å². The molecule has 0 amide bonds. The van der Waals surface area contributed by atoms with Crippen LogP contribution in [0.5, 0.6) is 5.88 Å². The highest BCUT2D eigenvalue weighted by molar-refractivity contribution is 7.73. The van der Waals surface area contributed by atoms with Gasteiger partial charge in [-0.3, -0.25) is 9.56 Å². The molecule has 2 aromatic rings. The second-order valence-electron chi connectivity index (χ2n) is 5.00. The molecule has 0 aliphatic carbocycles. The zero-order valence-electron chi connectivity index (χ0n) is 12.5. The molecule has 1 aliphatic rings. The molecule has 118 valence electrons. The number of rotatable bonds is 3. The number of benzene rings is 1. The number of hydrogen-bond acceptors (Lipinski definition) is 6. The molecule has 23 heavy (non-hydrogen) atoms. The zero-order chi connectivity index (χ0) is 16.6. The summed E-state index contributed by atoms with van der Waals surface area (Å²) >= 11 is 6.51. The molecule has 0 unspecified atom stereocenters. The van der Waals surface area contributed by atoms with Gasteiger partial charge >= 0.3 is 5.97 Å². The van der Waals surface area contributed by atoms with Crippen LogP contribution < -0.4 is 0 Å². The predicted octanol–water partition coefficient (Wildman–Crippen LogP) is 3.98. The third kappa shape index (κ3) is 2.73. The van der Waals surface area contributed by atoms with Gasteiger partial charge in [-0.15, -0.1) is 11.3 Å². The van der Waals surface area contributed by atoms with E-state index < -0.39 is 12.0 Å². The number of aromatic hydroxyl groups is 1. The van der Waals surface area contributed by atoms with Crippen molar-refractivity contribution in [2.75, 3.05) is 7.11 Å². The molecule has 1 aromatic carbocycles. The van der Waals surface area contributed by atoms with Crippen LogP contribution >= 0.6 is 23.6 Å². The van der Waals surface area contributed by atoms with Crippen LogP contribution in [0.2, 0.25) is 0 Å². The Bertz CT molecular complexity index is 893. The largest absolute Gasteiger partial charge is 0.493 e. The van der Waals surface area contributed by atoms with Crippen molar-refractivity contribution in [1.29, 1.82) is 0 Å². The molecule has 0 saturated carbocycles. The number of hydrogen-bond donors (Lipinski definition) is 1. The fraction of sp³-hybridized carbons (Fsp3) is 0.188. The molecule has 2 heterocycles. The lowest BCUT2D eigenvalue weighted by atomic mass is 10.1. The van der Waals surface area contributed by atoms with Crippen molar-refractivity contribution >= 4 is 53.1 Å². The third-order valence-corrected chi connectivity index (χ3v) is 4.95. The number of para-hydroxylation sites is 1. The van der Waals surface area contributed by atoms with Crippen molar-refractivity contribution < 1.29 is 14.6 Å². The highest BCUT2D eigenvalue weighted by Crippen LogP contribution is 2.36. The topological polar surface area (TPSA) is 63.8 Å². The molecule has 0 radical (unpaired) electrons. The zero-order valence-corrected chi connectivity index (χ0v) is 14.1. The smallest absolute Gasteiger partial charge is 0.328 e. The second-order valence-corrected chi connectivity index (χ2v) is 6.68. The van der Waals surface area contributed by atoms with Gasteiger partial charge < -0.3 is 9.84 Å². The van der Waals surface area contributed by atoms with E-state index in [4.69, 9.17) is 17.0 Å². The van der Waals surface area contributed by atoms with Crippen LogP contribution in [0, 0.1) is 3.95 Å². The lowest BCUT2D eigenvalue weighted by Crippen LogP contribution is -2.17. The van der Waals surface area contributed by atoms with Crippen LogP contribution in [0.15, 0.2) is 29.3 Å². The van der Waals surface area contributed by atoms with E-state index in [0.717, 1.165) is 16.8 Å². The maximum absolute atomic E-state index is 11.7. The molecule has 0 saturated heterocycles. The minimum absolute atomic E-state index is 0.0387. The molecule has 0 fully saturated rings. The number of carbonyl (C=O) groups is 1. The van der Waals surface area contributed by atoms with E-state index >= 15 is 0 Å².